The quantitative estimate of drug-likeness (QED) is 0.469. The van der Waals surface area contributed by atoms with Crippen LogP contribution in [0.3, 0.4) is 0 Å². The van der Waals surface area contributed by atoms with Gasteiger partial charge in [0, 0.05) is 11.8 Å². The predicted molar refractivity (Wildman–Crippen MR) is 53.3 cm³/mol. The molecular weight excluding hydrogens is 218 g/mol. The fraction of sp³-hybridized carbons (Fsp3) is 0. The SMILES string of the molecule is O/N=C(\Cl)c1ccc(-n2cncn2)nc1. The van der Waals surface area contributed by atoms with Crippen molar-refractivity contribution in [2.45, 2.75) is 0 Å². The number of hydrogen-bond donors (Lipinski definition) is 1. The van der Waals surface area contributed by atoms with E-state index in [1.807, 2.05) is 0 Å². The highest BCUT2D eigenvalue weighted by molar-refractivity contribution is 6.69. The molecule has 0 saturated carbocycles. The topological polar surface area (TPSA) is 76.2 Å². The van der Waals surface area contributed by atoms with Crippen molar-refractivity contribution in [1.29, 1.82) is 0 Å². The average Bonchev–Trinajstić information content (AvgIpc) is 2.82. The minimum absolute atomic E-state index is 0.00681. The van der Waals surface area contributed by atoms with Gasteiger partial charge in [-0.2, -0.15) is 5.10 Å². The Bertz CT molecular complexity index is 464. The van der Waals surface area contributed by atoms with Crippen molar-refractivity contribution in [2.24, 2.45) is 5.16 Å². The summed E-state index contributed by atoms with van der Waals surface area (Å²) in [5.41, 5.74) is 0.531. The predicted octanol–water partition coefficient (Wildman–Crippen LogP) is 1.04. The van der Waals surface area contributed by atoms with Crippen LogP contribution < -0.4 is 0 Å². The molecule has 0 bridgehead atoms. The molecule has 1 N–H and O–H groups in total. The highest BCUT2D eigenvalue weighted by atomic mass is 35.5. The maximum absolute atomic E-state index is 8.44. The minimum Gasteiger partial charge on any atom is -0.410 e. The molecule has 2 aromatic rings. The van der Waals surface area contributed by atoms with Crippen LogP contribution in [0.1, 0.15) is 5.56 Å². The molecule has 0 fully saturated rings. The van der Waals surface area contributed by atoms with Gasteiger partial charge in [0.2, 0.25) is 0 Å². The summed E-state index contributed by atoms with van der Waals surface area (Å²) in [6, 6.07) is 3.36. The molecular formula is C8H6ClN5O. The summed E-state index contributed by atoms with van der Waals surface area (Å²) in [5.74, 6) is 0.610. The summed E-state index contributed by atoms with van der Waals surface area (Å²) in [7, 11) is 0. The molecule has 0 aliphatic carbocycles. The average molecular weight is 224 g/mol. The molecule has 6 nitrogen and oxygen atoms in total. The Morgan fingerprint density at radius 1 is 1.47 bits per heavy atom. The first-order valence-corrected chi connectivity index (χ1v) is 4.38. The van der Waals surface area contributed by atoms with E-state index in [0.717, 1.165) is 0 Å². The van der Waals surface area contributed by atoms with Crippen molar-refractivity contribution in [3.05, 3.63) is 36.5 Å². The fourth-order valence-corrected chi connectivity index (χ4v) is 1.14. The Labute approximate surface area is 89.8 Å². The third kappa shape index (κ3) is 1.94. The van der Waals surface area contributed by atoms with Gasteiger partial charge in [0.05, 0.1) is 0 Å². The molecule has 2 heterocycles. The lowest BCUT2D eigenvalue weighted by Gasteiger charge is -1.99. The van der Waals surface area contributed by atoms with Crippen LogP contribution in [-0.2, 0) is 0 Å². The van der Waals surface area contributed by atoms with Gasteiger partial charge in [0.25, 0.3) is 0 Å². The van der Waals surface area contributed by atoms with Crippen LogP contribution in [0.4, 0.5) is 0 Å². The molecule has 2 aromatic heterocycles. The van der Waals surface area contributed by atoms with Crippen molar-refractivity contribution >= 4 is 16.8 Å². The highest BCUT2D eigenvalue weighted by Gasteiger charge is 2.02. The van der Waals surface area contributed by atoms with Crippen molar-refractivity contribution in [3.63, 3.8) is 0 Å². The van der Waals surface area contributed by atoms with Crippen molar-refractivity contribution in [3.8, 4) is 5.82 Å². The number of oxime groups is 1. The fourth-order valence-electron chi connectivity index (χ4n) is 1.03. The molecule has 0 unspecified atom stereocenters. The largest absolute Gasteiger partial charge is 0.410 e. The normalized spacial score (nSPS) is 11.7. The summed E-state index contributed by atoms with van der Waals surface area (Å²) >= 11 is 5.59. The van der Waals surface area contributed by atoms with Crippen LogP contribution in [0.15, 0.2) is 36.1 Å². The second-order valence-electron chi connectivity index (χ2n) is 2.64. The maximum atomic E-state index is 8.44. The number of halogens is 1. The van der Waals surface area contributed by atoms with Gasteiger partial charge in [-0.1, -0.05) is 16.8 Å². The molecule has 0 aromatic carbocycles. The Balaban J connectivity index is 2.33. The second kappa shape index (κ2) is 4.05. The second-order valence-corrected chi connectivity index (χ2v) is 2.99. The molecule has 0 radical (unpaired) electrons. The Morgan fingerprint density at radius 3 is 2.87 bits per heavy atom. The Morgan fingerprint density at radius 2 is 2.33 bits per heavy atom. The Kier molecular flexibility index (Phi) is 2.59. The van der Waals surface area contributed by atoms with E-state index in [2.05, 4.69) is 20.2 Å². The summed E-state index contributed by atoms with van der Waals surface area (Å²) in [6.45, 7) is 0. The maximum Gasteiger partial charge on any atom is 0.176 e. The number of hydrogen-bond acceptors (Lipinski definition) is 5. The van der Waals surface area contributed by atoms with E-state index in [0.29, 0.717) is 11.4 Å². The lowest BCUT2D eigenvalue weighted by Crippen LogP contribution is -1.99. The van der Waals surface area contributed by atoms with Gasteiger partial charge >= 0.3 is 0 Å². The van der Waals surface area contributed by atoms with Crippen molar-refractivity contribution in [2.75, 3.05) is 0 Å². The van der Waals surface area contributed by atoms with Gasteiger partial charge < -0.3 is 5.21 Å². The zero-order chi connectivity index (χ0) is 10.7. The number of aromatic nitrogens is 4. The van der Waals surface area contributed by atoms with Crippen LogP contribution in [-0.4, -0.2) is 30.1 Å². The van der Waals surface area contributed by atoms with Crippen molar-refractivity contribution < 1.29 is 5.21 Å². The third-order valence-electron chi connectivity index (χ3n) is 1.73. The molecule has 0 aliphatic rings. The van der Waals surface area contributed by atoms with Crippen LogP contribution in [0.25, 0.3) is 5.82 Å². The van der Waals surface area contributed by atoms with Crippen LogP contribution in [0.5, 0.6) is 0 Å². The molecule has 0 atom stereocenters. The van der Waals surface area contributed by atoms with Gasteiger partial charge in [-0.05, 0) is 12.1 Å². The standard InChI is InChI=1S/C8H6ClN5O/c9-8(13-15)6-1-2-7(11-3-6)14-5-10-4-12-14/h1-5,15H/b13-8-. The van der Waals surface area contributed by atoms with E-state index in [1.165, 1.54) is 23.5 Å². The van der Waals surface area contributed by atoms with Gasteiger partial charge in [0.1, 0.15) is 12.7 Å². The zero-order valence-corrected chi connectivity index (χ0v) is 8.20. The first-order valence-electron chi connectivity index (χ1n) is 4.00. The van der Waals surface area contributed by atoms with Gasteiger partial charge in [0.15, 0.2) is 11.0 Å². The van der Waals surface area contributed by atoms with Crippen LogP contribution in [0, 0.1) is 0 Å². The van der Waals surface area contributed by atoms with Gasteiger partial charge in [-0.3, -0.25) is 0 Å². The van der Waals surface area contributed by atoms with E-state index in [4.69, 9.17) is 16.8 Å². The molecule has 76 valence electrons. The molecule has 2 rings (SSSR count). The van der Waals surface area contributed by atoms with E-state index in [-0.39, 0.29) is 5.17 Å². The van der Waals surface area contributed by atoms with Crippen LogP contribution >= 0.6 is 11.6 Å². The monoisotopic (exact) mass is 223 g/mol. The van der Waals surface area contributed by atoms with E-state index >= 15 is 0 Å². The lowest BCUT2D eigenvalue weighted by atomic mass is 10.3. The molecule has 7 heteroatoms. The van der Waals surface area contributed by atoms with E-state index in [9.17, 15) is 0 Å². The first-order chi connectivity index (χ1) is 7.31. The smallest absolute Gasteiger partial charge is 0.176 e. The molecule has 0 saturated heterocycles. The first kappa shape index (κ1) is 9.60. The summed E-state index contributed by atoms with van der Waals surface area (Å²) in [6.07, 6.45) is 4.43. The van der Waals surface area contributed by atoms with E-state index < -0.39 is 0 Å². The van der Waals surface area contributed by atoms with Gasteiger partial charge in [-0.15, -0.1) is 0 Å². The third-order valence-corrected chi connectivity index (χ3v) is 2.02. The molecule has 0 amide bonds. The van der Waals surface area contributed by atoms with Crippen molar-refractivity contribution in [1.82, 2.24) is 19.7 Å². The minimum atomic E-state index is -0.00681. The number of pyridine rings is 1. The summed E-state index contributed by atoms with van der Waals surface area (Å²) in [5, 5.41) is 15.2. The number of rotatable bonds is 2. The van der Waals surface area contributed by atoms with Crippen LogP contribution in [0.2, 0.25) is 0 Å². The van der Waals surface area contributed by atoms with E-state index in [1.54, 1.807) is 12.1 Å². The molecule has 0 spiro atoms. The van der Waals surface area contributed by atoms with Gasteiger partial charge in [-0.25, -0.2) is 14.6 Å². The lowest BCUT2D eigenvalue weighted by molar-refractivity contribution is 0.321. The molecule has 15 heavy (non-hydrogen) atoms. The zero-order valence-electron chi connectivity index (χ0n) is 7.45. The summed E-state index contributed by atoms with van der Waals surface area (Å²) in [4.78, 5) is 7.87. The molecule has 0 aliphatic heterocycles. The highest BCUT2D eigenvalue weighted by Crippen LogP contribution is 2.06. The summed E-state index contributed by atoms with van der Waals surface area (Å²) < 4.78 is 1.51. The number of nitrogens with zero attached hydrogens (tertiary/aromatic N) is 5. The Hall–Kier alpha value is -1.95.